The number of amides is 1. The third-order valence-electron chi connectivity index (χ3n) is 3.72. The molecule has 1 amide bonds. The van der Waals surface area contributed by atoms with Gasteiger partial charge in [-0.05, 0) is 38.1 Å². The Balaban J connectivity index is 1.98. The number of rotatable bonds is 5. The number of pyridine rings is 1. The lowest BCUT2D eigenvalue weighted by Gasteiger charge is -2.22. The topological polar surface area (TPSA) is 57.3 Å². The van der Waals surface area contributed by atoms with E-state index in [-0.39, 0.29) is 11.6 Å². The second-order valence-electron chi connectivity index (χ2n) is 4.91. The first-order chi connectivity index (χ1) is 9.65. The van der Waals surface area contributed by atoms with Crippen molar-refractivity contribution in [1.82, 2.24) is 15.2 Å². The van der Waals surface area contributed by atoms with Crippen molar-refractivity contribution in [3.05, 3.63) is 22.8 Å². The van der Waals surface area contributed by atoms with Gasteiger partial charge in [0.15, 0.2) is 0 Å². The first-order valence-corrected chi connectivity index (χ1v) is 7.40. The quantitative estimate of drug-likeness (QED) is 0.872. The lowest BCUT2D eigenvalue weighted by molar-refractivity contribution is 0.0936. The number of carbonyl (C=O) groups is 1. The van der Waals surface area contributed by atoms with E-state index in [2.05, 4.69) is 27.4 Å². The molecule has 1 aromatic heterocycles. The predicted molar refractivity (Wildman–Crippen MR) is 81.4 cm³/mol. The maximum Gasteiger partial charge on any atom is 0.271 e. The van der Waals surface area contributed by atoms with Gasteiger partial charge < -0.3 is 10.6 Å². The number of likely N-dealkylation sites (tertiary alicyclic amines) is 1. The summed E-state index contributed by atoms with van der Waals surface area (Å²) in [4.78, 5) is 18.8. The molecule has 0 spiro atoms. The maximum atomic E-state index is 12.2. The third-order valence-corrected chi connectivity index (χ3v) is 4.03. The Morgan fingerprint density at radius 1 is 1.55 bits per heavy atom. The van der Waals surface area contributed by atoms with Gasteiger partial charge in [-0.15, -0.1) is 0 Å². The van der Waals surface area contributed by atoms with Crippen molar-refractivity contribution in [2.24, 2.45) is 0 Å². The van der Waals surface area contributed by atoms with E-state index in [0.29, 0.717) is 23.4 Å². The van der Waals surface area contributed by atoms with Crippen molar-refractivity contribution in [3.8, 4) is 0 Å². The van der Waals surface area contributed by atoms with Crippen LogP contribution in [0.1, 0.15) is 30.3 Å². The van der Waals surface area contributed by atoms with Gasteiger partial charge >= 0.3 is 0 Å². The molecule has 1 unspecified atom stereocenters. The fourth-order valence-corrected chi connectivity index (χ4v) is 2.77. The Morgan fingerprint density at radius 3 is 3.05 bits per heavy atom. The highest BCUT2D eigenvalue weighted by Gasteiger charge is 2.24. The average Bonchev–Trinajstić information content (AvgIpc) is 2.92. The Morgan fingerprint density at radius 2 is 2.35 bits per heavy atom. The summed E-state index contributed by atoms with van der Waals surface area (Å²) < 4.78 is 0. The normalized spacial score (nSPS) is 19.1. The predicted octanol–water partition coefficient (Wildman–Crippen LogP) is 1.99. The zero-order valence-electron chi connectivity index (χ0n) is 11.9. The van der Waals surface area contributed by atoms with E-state index in [9.17, 15) is 4.79 Å². The molecule has 1 saturated heterocycles. The molecular formula is C14H21ClN4O. The van der Waals surface area contributed by atoms with E-state index in [4.69, 9.17) is 11.6 Å². The van der Waals surface area contributed by atoms with Crippen LogP contribution in [0.4, 0.5) is 5.82 Å². The SMILES string of the molecule is CCN1CCCC1CNC(=O)c1nc(NC)ccc1Cl. The number of hydrogen-bond donors (Lipinski definition) is 2. The second-order valence-corrected chi connectivity index (χ2v) is 5.32. The molecule has 0 aromatic carbocycles. The van der Waals surface area contributed by atoms with E-state index in [1.165, 1.54) is 6.42 Å². The van der Waals surface area contributed by atoms with Crippen molar-refractivity contribution < 1.29 is 4.79 Å². The number of anilines is 1. The van der Waals surface area contributed by atoms with Crippen LogP contribution < -0.4 is 10.6 Å². The third kappa shape index (κ3) is 3.41. The lowest BCUT2D eigenvalue weighted by atomic mass is 10.2. The molecule has 1 aliphatic heterocycles. The highest BCUT2D eigenvalue weighted by atomic mass is 35.5. The number of likely N-dealkylation sites (N-methyl/N-ethyl adjacent to an activating group) is 1. The summed E-state index contributed by atoms with van der Waals surface area (Å²) >= 11 is 6.04. The minimum Gasteiger partial charge on any atom is -0.373 e. The van der Waals surface area contributed by atoms with Crippen LogP contribution in [-0.2, 0) is 0 Å². The molecule has 2 N–H and O–H groups in total. The van der Waals surface area contributed by atoms with Gasteiger partial charge in [0.25, 0.3) is 5.91 Å². The molecule has 2 rings (SSSR count). The molecule has 1 atom stereocenters. The van der Waals surface area contributed by atoms with Crippen LogP contribution in [0, 0.1) is 0 Å². The van der Waals surface area contributed by atoms with E-state index in [1.54, 1.807) is 19.2 Å². The Kier molecular flexibility index (Phi) is 5.20. The summed E-state index contributed by atoms with van der Waals surface area (Å²) in [6, 6.07) is 3.85. The van der Waals surface area contributed by atoms with Crippen LogP contribution in [0.25, 0.3) is 0 Å². The van der Waals surface area contributed by atoms with Crippen LogP contribution in [0.3, 0.4) is 0 Å². The van der Waals surface area contributed by atoms with Crippen LogP contribution in [0.15, 0.2) is 12.1 Å². The standard InChI is InChI=1S/C14H21ClN4O/c1-3-19-8-4-5-10(19)9-17-14(20)13-11(15)6-7-12(16-2)18-13/h6-7,10H,3-5,8-9H2,1-2H3,(H,16,18)(H,17,20). The zero-order chi connectivity index (χ0) is 14.5. The largest absolute Gasteiger partial charge is 0.373 e. The molecule has 1 aliphatic rings. The van der Waals surface area contributed by atoms with Gasteiger partial charge in [0.05, 0.1) is 5.02 Å². The minimum absolute atomic E-state index is 0.213. The van der Waals surface area contributed by atoms with Gasteiger partial charge in [0.2, 0.25) is 0 Å². The number of aromatic nitrogens is 1. The van der Waals surface area contributed by atoms with E-state index in [0.717, 1.165) is 19.5 Å². The lowest BCUT2D eigenvalue weighted by Crippen LogP contribution is -2.40. The maximum absolute atomic E-state index is 12.2. The molecule has 1 fully saturated rings. The molecule has 0 aliphatic carbocycles. The van der Waals surface area contributed by atoms with Crippen molar-refractivity contribution in [3.63, 3.8) is 0 Å². The van der Waals surface area contributed by atoms with Gasteiger partial charge in [-0.2, -0.15) is 0 Å². The van der Waals surface area contributed by atoms with Crippen LogP contribution >= 0.6 is 11.6 Å². The van der Waals surface area contributed by atoms with Crippen molar-refractivity contribution in [1.29, 1.82) is 0 Å². The van der Waals surface area contributed by atoms with Crippen LogP contribution in [-0.4, -0.2) is 48.5 Å². The fourth-order valence-electron chi connectivity index (χ4n) is 2.58. The zero-order valence-corrected chi connectivity index (χ0v) is 12.7. The summed E-state index contributed by atoms with van der Waals surface area (Å²) in [7, 11) is 1.76. The van der Waals surface area contributed by atoms with Gasteiger partial charge in [-0.1, -0.05) is 18.5 Å². The van der Waals surface area contributed by atoms with Crippen LogP contribution in [0.5, 0.6) is 0 Å². The smallest absolute Gasteiger partial charge is 0.271 e. The summed E-state index contributed by atoms with van der Waals surface area (Å²) in [5.74, 6) is 0.422. The molecule has 5 nitrogen and oxygen atoms in total. The van der Waals surface area contributed by atoms with E-state index >= 15 is 0 Å². The summed E-state index contributed by atoms with van der Waals surface area (Å²) in [5, 5.41) is 6.22. The number of hydrogen-bond acceptors (Lipinski definition) is 4. The Hall–Kier alpha value is -1.33. The number of halogens is 1. The molecule has 1 aromatic rings. The van der Waals surface area contributed by atoms with Crippen molar-refractivity contribution in [2.75, 3.05) is 32.0 Å². The molecule has 0 radical (unpaired) electrons. The highest BCUT2D eigenvalue weighted by Crippen LogP contribution is 2.18. The minimum atomic E-state index is -0.213. The monoisotopic (exact) mass is 296 g/mol. The average molecular weight is 297 g/mol. The fraction of sp³-hybridized carbons (Fsp3) is 0.571. The van der Waals surface area contributed by atoms with Crippen LogP contribution in [0.2, 0.25) is 5.02 Å². The van der Waals surface area contributed by atoms with E-state index < -0.39 is 0 Å². The Bertz CT molecular complexity index is 480. The molecule has 0 bridgehead atoms. The first kappa shape index (κ1) is 15.1. The van der Waals surface area contributed by atoms with Crippen molar-refractivity contribution >= 4 is 23.3 Å². The number of nitrogens with zero attached hydrogens (tertiary/aromatic N) is 2. The first-order valence-electron chi connectivity index (χ1n) is 7.02. The summed E-state index contributed by atoms with van der Waals surface area (Å²) in [5.41, 5.74) is 0.277. The molecule has 20 heavy (non-hydrogen) atoms. The Labute approximate surface area is 124 Å². The second kappa shape index (κ2) is 6.90. The summed E-state index contributed by atoms with van der Waals surface area (Å²) in [6.07, 6.45) is 2.33. The highest BCUT2D eigenvalue weighted by molar-refractivity contribution is 6.33. The van der Waals surface area contributed by atoms with Gasteiger partial charge in [0, 0.05) is 19.6 Å². The molecule has 6 heteroatoms. The number of carbonyl (C=O) groups excluding carboxylic acids is 1. The van der Waals surface area contributed by atoms with E-state index in [1.807, 2.05) is 0 Å². The van der Waals surface area contributed by atoms with Crippen molar-refractivity contribution in [2.45, 2.75) is 25.8 Å². The molecular weight excluding hydrogens is 276 g/mol. The van der Waals surface area contributed by atoms with Gasteiger partial charge in [0.1, 0.15) is 11.5 Å². The van der Waals surface area contributed by atoms with Gasteiger partial charge in [-0.3, -0.25) is 9.69 Å². The van der Waals surface area contributed by atoms with Gasteiger partial charge in [-0.25, -0.2) is 4.98 Å². The summed E-state index contributed by atoms with van der Waals surface area (Å²) in [6.45, 7) is 4.93. The molecule has 110 valence electrons. The number of nitrogens with one attached hydrogen (secondary N) is 2. The molecule has 0 saturated carbocycles. The molecule has 2 heterocycles.